The SMILES string of the molecule is O=C(COc1ccc(F)cc1Br)NCCOc1ccc(Cl)cc1. The first-order valence-electron chi connectivity index (χ1n) is 6.77. The van der Waals surface area contributed by atoms with Crippen LogP contribution < -0.4 is 14.8 Å². The molecule has 0 unspecified atom stereocenters. The summed E-state index contributed by atoms with van der Waals surface area (Å²) >= 11 is 8.93. The van der Waals surface area contributed by atoms with Crippen LogP contribution in [0.5, 0.6) is 11.5 Å². The van der Waals surface area contributed by atoms with Gasteiger partial charge in [0.05, 0.1) is 11.0 Å². The molecule has 0 heterocycles. The van der Waals surface area contributed by atoms with Crippen molar-refractivity contribution < 1.29 is 18.7 Å². The smallest absolute Gasteiger partial charge is 0.258 e. The van der Waals surface area contributed by atoms with E-state index in [9.17, 15) is 9.18 Å². The zero-order valence-electron chi connectivity index (χ0n) is 12.0. The maximum Gasteiger partial charge on any atom is 0.258 e. The van der Waals surface area contributed by atoms with Gasteiger partial charge >= 0.3 is 0 Å². The van der Waals surface area contributed by atoms with Crippen molar-refractivity contribution >= 4 is 33.4 Å². The van der Waals surface area contributed by atoms with E-state index >= 15 is 0 Å². The van der Waals surface area contributed by atoms with E-state index in [0.717, 1.165) is 0 Å². The van der Waals surface area contributed by atoms with Crippen molar-refractivity contribution in [3.8, 4) is 11.5 Å². The first kappa shape index (κ1) is 17.6. The Kier molecular flexibility index (Phi) is 6.67. The molecule has 0 aromatic heterocycles. The number of carbonyl (C=O) groups is 1. The van der Waals surface area contributed by atoms with Gasteiger partial charge < -0.3 is 14.8 Å². The highest BCUT2D eigenvalue weighted by molar-refractivity contribution is 9.10. The van der Waals surface area contributed by atoms with Crippen molar-refractivity contribution in [2.45, 2.75) is 0 Å². The molecule has 2 rings (SSSR count). The molecule has 1 N–H and O–H groups in total. The van der Waals surface area contributed by atoms with E-state index in [4.69, 9.17) is 21.1 Å². The van der Waals surface area contributed by atoms with Crippen molar-refractivity contribution in [3.63, 3.8) is 0 Å². The molecule has 2 aromatic rings. The van der Waals surface area contributed by atoms with Gasteiger partial charge in [0.25, 0.3) is 5.91 Å². The van der Waals surface area contributed by atoms with Crippen molar-refractivity contribution in [1.29, 1.82) is 0 Å². The van der Waals surface area contributed by atoms with Crippen molar-refractivity contribution in [2.24, 2.45) is 0 Å². The summed E-state index contributed by atoms with van der Waals surface area (Å²) in [6.07, 6.45) is 0. The molecule has 23 heavy (non-hydrogen) atoms. The number of ether oxygens (including phenoxy) is 2. The molecule has 0 fully saturated rings. The molecule has 0 aliphatic carbocycles. The van der Waals surface area contributed by atoms with Gasteiger partial charge in [0.15, 0.2) is 6.61 Å². The number of halogens is 3. The lowest BCUT2D eigenvalue weighted by Gasteiger charge is -2.10. The molecule has 0 saturated heterocycles. The third kappa shape index (κ3) is 6.08. The predicted molar refractivity (Wildman–Crippen MR) is 89.6 cm³/mol. The van der Waals surface area contributed by atoms with E-state index in [-0.39, 0.29) is 18.3 Å². The molecule has 0 aliphatic rings. The topological polar surface area (TPSA) is 47.6 Å². The number of hydrogen-bond acceptors (Lipinski definition) is 3. The van der Waals surface area contributed by atoms with E-state index in [1.165, 1.54) is 18.2 Å². The summed E-state index contributed by atoms with van der Waals surface area (Å²) in [7, 11) is 0. The van der Waals surface area contributed by atoms with Gasteiger partial charge in [-0.25, -0.2) is 4.39 Å². The number of carbonyl (C=O) groups excluding carboxylic acids is 1. The van der Waals surface area contributed by atoms with Crippen LogP contribution in [0.1, 0.15) is 0 Å². The second kappa shape index (κ2) is 8.74. The molecular formula is C16H14BrClFNO3. The fourth-order valence-electron chi connectivity index (χ4n) is 1.68. The Hall–Kier alpha value is -1.79. The highest BCUT2D eigenvalue weighted by Crippen LogP contribution is 2.25. The van der Waals surface area contributed by atoms with Crippen LogP contribution in [0.2, 0.25) is 5.02 Å². The minimum absolute atomic E-state index is 0.162. The maximum atomic E-state index is 12.9. The quantitative estimate of drug-likeness (QED) is 0.716. The van der Waals surface area contributed by atoms with Crippen LogP contribution in [-0.2, 0) is 4.79 Å². The zero-order valence-corrected chi connectivity index (χ0v) is 14.4. The van der Waals surface area contributed by atoms with Crippen molar-refractivity contribution in [1.82, 2.24) is 5.32 Å². The van der Waals surface area contributed by atoms with Crippen LogP contribution in [0, 0.1) is 5.82 Å². The molecule has 4 nitrogen and oxygen atoms in total. The molecule has 7 heteroatoms. The monoisotopic (exact) mass is 401 g/mol. The van der Waals surface area contributed by atoms with E-state index in [2.05, 4.69) is 21.2 Å². The zero-order chi connectivity index (χ0) is 16.7. The van der Waals surface area contributed by atoms with Crippen LogP contribution in [0.3, 0.4) is 0 Å². The lowest BCUT2D eigenvalue weighted by atomic mass is 10.3. The average Bonchev–Trinajstić information content (AvgIpc) is 2.52. The van der Waals surface area contributed by atoms with E-state index in [1.54, 1.807) is 24.3 Å². The number of amides is 1. The van der Waals surface area contributed by atoms with E-state index < -0.39 is 0 Å². The molecular weight excluding hydrogens is 389 g/mol. The van der Waals surface area contributed by atoms with Gasteiger partial charge in [-0.15, -0.1) is 0 Å². The van der Waals surface area contributed by atoms with Gasteiger partial charge in [0.1, 0.15) is 23.9 Å². The second-order valence-corrected chi connectivity index (χ2v) is 5.81. The summed E-state index contributed by atoms with van der Waals surface area (Å²) in [5, 5.41) is 3.30. The summed E-state index contributed by atoms with van der Waals surface area (Å²) in [6, 6.07) is 10.9. The highest BCUT2D eigenvalue weighted by atomic mass is 79.9. The number of hydrogen-bond donors (Lipinski definition) is 1. The Morgan fingerprint density at radius 1 is 1.17 bits per heavy atom. The normalized spacial score (nSPS) is 10.2. The minimum atomic E-state index is -0.381. The van der Waals surface area contributed by atoms with Crippen LogP contribution in [-0.4, -0.2) is 25.7 Å². The first-order valence-corrected chi connectivity index (χ1v) is 7.94. The molecule has 0 saturated carbocycles. The molecule has 0 spiro atoms. The Labute approximate surface area is 146 Å². The Balaban J connectivity index is 1.66. The predicted octanol–water partition coefficient (Wildman–Crippen LogP) is 3.82. The van der Waals surface area contributed by atoms with Gasteiger partial charge in [0.2, 0.25) is 0 Å². The second-order valence-electron chi connectivity index (χ2n) is 4.52. The average molecular weight is 403 g/mol. The molecule has 0 aliphatic heterocycles. The Bertz CT molecular complexity index is 667. The summed E-state index contributed by atoms with van der Waals surface area (Å²) in [5.41, 5.74) is 0. The van der Waals surface area contributed by atoms with Gasteiger partial charge in [-0.3, -0.25) is 4.79 Å². The fraction of sp³-hybridized carbons (Fsp3) is 0.188. The van der Waals surface area contributed by atoms with E-state index in [0.29, 0.717) is 34.1 Å². The Morgan fingerprint density at radius 2 is 1.91 bits per heavy atom. The van der Waals surface area contributed by atoms with Crippen LogP contribution in [0.15, 0.2) is 46.9 Å². The molecule has 0 radical (unpaired) electrons. The van der Waals surface area contributed by atoms with E-state index in [1.807, 2.05) is 0 Å². The van der Waals surface area contributed by atoms with Crippen molar-refractivity contribution in [2.75, 3.05) is 19.8 Å². The van der Waals surface area contributed by atoms with Crippen LogP contribution >= 0.6 is 27.5 Å². The van der Waals surface area contributed by atoms with Gasteiger partial charge in [0, 0.05) is 5.02 Å². The molecule has 2 aromatic carbocycles. The molecule has 0 bridgehead atoms. The Morgan fingerprint density at radius 3 is 2.61 bits per heavy atom. The number of benzene rings is 2. The summed E-state index contributed by atoms with van der Waals surface area (Å²) < 4.78 is 24.1. The van der Waals surface area contributed by atoms with Gasteiger partial charge in [-0.1, -0.05) is 11.6 Å². The largest absolute Gasteiger partial charge is 0.492 e. The third-order valence-corrected chi connectivity index (χ3v) is 3.63. The molecule has 0 atom stereocenters. The van der Waals surface area contributed by atoms with Crippen LogP contribution in [0.4, 0.5) is 4.39 Å². The standard InChI is InChI=1S/C16H14BrClFNO3/c17-14-9-12(19)3-6-15(14)23-10-16(21)20-7-8-22-13-4-1-11(18)2-5-13/h1-6,9H,7-8,10H2,(H,20,21). The minimum Gasteiger partial charge on any atom is -0.492 e. The summed E-state index contributed by atoms with van der Waals surface area (Å²) in [4.78, 5) is 11.7. The van der Waals surface area contributed by atoms with Crippen molar-refractivity contribution in [3.05, 3.63) is 57.8 Å². The first-order chi connectivity index (χ1) is 11.0. The number of rotatable bonds is 7. The summed E-state index contributed by atoms with van der Waals surface area (Å²) in [5.74, 6) is 0.406. The third-order valence-electron chi connectivity index (χ3n) is 2.76. The van der Waals surface area contributed by atoms with Gasteiger partial charge in [-0.05, 0) is 58.4 Å². The molecule has 122 valence electrons. The maximum absolute atomic E-state index is 12.9. The van der Waals surface area contributed by atoms with Crippen LogP contribution in [0.25, 0.3) is 0 Å². The summed E-state index contributed by atoms with van der Waals surface area (Å²) in [6.45, 7) is 0.508. The lowest BCUT2D eigenvalue weighted by molar-refractivity contribution is -0.123. The lowest BCUT2D eigenvalue weighted by Crippen LogP contribution is -2.32. The fourth-order valence-corrected chi connectivity index (χ4v) is 2.27. The van der Waals surface area contributed by atoms with Gasteiger partial charge in [-0.2, -0.15) is 0 Å². The highest BCUT2D eigenvalue weighted by Gasteiger charge is 2.06. The molecule has 1 amide bonds. The number of nitrogens with one attached hydrogen (secondary N) is 1.